The smallest absolute Gasteiger partial charge is 0.335 e. The molecule has 0 bridgehead atoms. The number of aryl methyl sites for hydroxylation is 1. The number of carbonyl (C=O) groups excluding carboxylic acids is 1. The second-order valence-electron chi connectivity index (χ2n) is 7.90. The summed E-state index contributed by atoms with van der Waals surface area (Å²) in [6.07, 6.45) is 13.7. The largest absolute Gasteiger partial charge is 0.478 e. The quantitative estimate of drug-likeness (QED) is 0.712. The van der Waals surface area contributed by atoms with Gasteiger partial charge in [0.1, 0.15) is 0 Å². The van der Waals surface area contributed by atoms with E-state index in [-0.39, 0.29) is 5.91 Å². The average molecular weight is 357 g/mol. The number of carboxylic acid groups (broad SMARTS) is 1. The van der Waals surface area contributed by atoms with E-state index >= 15 is 0 Å². The number of amides is 1. The fourth-order valence-electron chi connectivity index (χ4n) is 4.47. The van der Waals surface area contributed by atoms with Crippen molar-refractivity contribution in [1.82, 2.24) is 0 Å². The first-order chi connectivity index (χ1) is 12.6. The summed E-state index contributed by atoms with van der Waals surface area (Å²) in [5.41, 5.74) is 2.23. The van der Waals surface area contributed by atoms with E-state index in [1.54, 1.807) is 12.1 Å². The SMILES string of the molecule is O=C(O)c1ccc2c(c1)CCCCN2C(=O)CCCCC1CCCCC1. The van der Waals surface area contributed by atoms with Crippen LogP contribution in [0.15, 0.2) is 18.2 Å². The van der Waals surface area contributed by atoms with Gasteiger partial charge in [0.15, 0.2) is 0 Å². The Balaban J connectivity index is 1.56. The lowest BCUT2D eigenvalue weighted by atomic mass is 9.85. The van der Waals surface area contributed by atoms with E-state index in [2.05, 4.69) is 0 Å². The van der Waals surface area contributed by atoms with E-state index in [0.29, 0.717) is 12.0 Å². The topological polar surface area (TPSA) is 57.6 Å². The maximum atomic E-state index is 12.8. The molecule has 0 atom stereocenters. The van der Waals surface area contributed by atoms with Gasteiger partial charge in [-0.05, 0) is 55.4 Å². The summed E-state index contributed by atoms with van der Waals surface area (Å²) < 4.78 is 0. The highest BCUT2D eigenvalue weighted by molar-refractivity contribution is 5.95. The highest BCUT2D eigenvalue weighted by Crippen LogP contribution is 2.30. The molecule has 0 aromatic heterocycles. The lowest BCUT2D eigenvalue weighted by Gasteiger charge is -2.24. The third kappa shape index (κ3) is 4.87. The van der Waals surface area contributed by atoms with Crippen molar-refractivity contribution in [3.63, 3.8) is 0 Å². The van der Waals surface area contributed by atoms with Gasteiger partial charge in [0.25, 0.3) is 0 Å². The van der Waals surface area contributed by atoms with Gasteiger partial charge in [-0.3, -0.25) is 4.79 Å². The molecule has 1 amide bonds. The lowest BCUT2D eigenvalue weighted by Crippen LogP contribution is -2.31. The molecule has 1 aromatic carbocycles. The summed E-state index contributed by atoms with van der Waals surface area (Å²) >= 11 is 0. The molecule has 1 aromatic rings. The number of aromatic carboxylic acids is 1. The van der Waals surface area contributed by atoms with Gasteiger partial charge in [-0.15, -0.1) is 0 Å². The molecule has 4 heteroatoms. The minimum Gasteiger partial charge on any atom is -0.478 e. The van der Waals surface area contributed by atoms with Crippen molar-refractivity contribution in [2.75, 3.05) is 11.4 Å². The lowest BCUT2D eigenvalue weighted by molar-refractivity contribution is -0.118. The Kier molecular flexibility index (Phi) is 6.70. The van der Waals surface area contributed by atoms with Gasteiger partial charge in [0.05, 0.1) is 5.56 Å². The van der Waals surface area contributed by atoms with Crippen molar-refractivity contribution in [2.24, 2.45) is 5.92 Å². The Morgan fingerprint density at radius 1 is 1.04 bits per heavy atom. The first kappa shape index (κ1) is 18.9. The van der Waals surface area contributed by atoms with E-state index in [1.807, 2.05) is 11.0 Å². The van der Waals surface area contributed by atoms with Crippen LogP contribution < -0.4 is 4.90 Å². The fraction of sp³-hybridized carbons (Fsp3) is 0.636. The van der Waals surface area contributed by atoms with Crippen molar-refractivity contribution >= 4 is 17.6 Å². The number of carbonyl (C=O) groups is 2. The number of anilines is 1. The van der Waals surface area contributed by atoms with E-state index in [0.717, 1.165) is 55.8 Å². The molecule has 4 nitrogen and oxygen atoms in total. The molecule has 1 fully saturated rings. The van der Waals surface area contributed by atoms with Gasteiger partial charge in [-0.25, -0.2) is 4.79 Å². The minimum atomic E-state index is -0.905. The number of benzene rings is 1. The second-order valence-corrected chi connectivity index (χ2v) is 7.90. The van der Waals surface area contributed by atoms with Crippen LogP contribution in [0.3, 0.4) is 0 Å². The zero-order valence-electron chi connectivity index (χ0n) is 15.7. The summed E-state index contributed by atoms with van der Waals surface area (Å²) in [5.74, 6) is 0.171. The minimum absolute atomic E-state index is 0.194. The summed E-state index contributed by atoms with van der Waals surface area (Å²) in [4.78, 5) is 25.9. The predicted octanol–water partition coefficient (Wildman–Crippen LogP) is 5.19. The number of fused-ring (bicyclic) bond motifs is 1. The Hall–Kier alpha value is -1.84. The van der Waals surface area contributed by atoms with Crippen LogP contribution in [0.4, 0.5) is 5.69 Å². The molecule has 3 rings (SSSR count). The third-order valence-corrected chi connectivity index (χ3v) is 5.97. The summed E-state index contributed by atoms with van der Waals surface area (Å²) in [5, 5.41) is 9.20. The number of nitrogens with zero attached hydrogens (tertiary/aromatic N) is 1. The molecule has 1 aliphatic heterocycles. The van der Waals surface area contributed by atoms with Gasteiger partial charge < -0.3 is 10.0 Å². The molecule has 142 valence electrons. The van der Waals surface area contributed by atoms with E-state index in [4.69, 9.17) is 0 Å². The molecule has 2 aliphatic rings. The molecular formula is C22H31NO3. The van der Waals surface area contributed by atoms with Gasteiger partial charge in [0, 0.05) is 18.7 Å². The normalized spacial score (nSPS) is 18.2. The van der Waals surface area contributed by atoms with Crippen LogP contribution in [0.2, 0.25) is 0 Å². The molecule has 1 N–H and O–H groups in total. The van der Waals surface area contributed by atoms with E-state index in [9.17, 15) is 14.7 Å². The standard InChI is InChI=1S/C22H31NO3/c24-21(12-5-4-10-17-8-2-1-3-9-17)23-15-7-6-11-18-16-19(22(25)26)13-14-20(18)23/h13-14,16-17H,1-12,15H2,(H,25,26). The average Bonchev–Trinajstić information content (AvgIpc) is 2.87. The molecule has 1 heterocycles. The highest BCUT2D eigenvalue weighted by Gasteiger charge is 2.22. The maximum absolute atomic E-state index is 12.8. The second kappa shape index (κ2) is 9.20. The molecule has 0 saturated heterocycles. The van der Waals surface area contributed by atoms with E-state index < -0.39 is 5.97 Å². The number of hydrogen-bond donors (Lipinski definition) is 1. The number of unbranched alkanes of at least 4 members (excludes halogenated alkanes) is 1. The van der Waals surface area contributed by atoms with Crippen LogP contribution in [0.5, 0.6) is 0 Å². The number of rotatable bonds is 6. The van der Waals surface area contributed by atoms with Crippen molar-refractivity contribution in [2.45, 2.75) is 77.0 Å². The van der Waals surface area contributed by atoms with Crippen LogP contribution >= 0.6 is 0 Å². The molecule has 1 saturated carbocycles. The van der Waals surface area contributed by atoms with Crippen molar-refractivity contribution < 1.29 is 14.7 Å². The molecule has 1 aliphatic carbocycles. The number of hydrogen-bond acceptors (Lipinski definition) is 2. The monoisotopic (exact) mass is 357 g/mol. The zero-order chi connectivity index (χ0) is 18.4. The third-order valence-electron chi connectivity index (χ3n) is 5.97. The maximum Gasteiger partial charge on any atom is 0.335 e. The Morgan fingerprint density at radius 3 is 2.62 bits per heavy atom. The highest BCUT2D eigenvalue weighted by atomic mass is 16.4. The van der Waals surface area contributed by atoms with Gasteiger partial charge in [-0.2, -0.15) is 0 Å². The molecule has 0 radical (unpaired) electrons. The van der Waals surface area contributed by atoms with E-state index in [1.165, 1.54) is 38.5 Å². The van der Waals surface area contributed by atoms with Crippen LogP contribution in [0.25, 0.3) is 0 Å². The number of carboxylic acids is 1. The molecule has 0 spiro atoms. The van der Waals surface area contributed by atoms with Crippen molar-refractivity contribution in [1.29, 1.82) is 0 Å². The Bertz CT molecular complexity index is 634. The van der Waals surface area contributed by atoms with Gasteiger partial charge in [0.2, 0.25) is 5.91 Å². The first-order valence-corrected chi connectivity index (χ1v) is 10.3. The van der Waals surface area contributed by atoms with Crippen LogP contribution in [-0.4, -0.2) is 23.5 Å². The van der Waals surface area contributed by atoms with Crippen LogP contribution in [0, 0.1) is 5.92 Å². The molecular weight excluding hydrogens is 326 g/mol. The first-order valence-electron chi connectivity index (χ1n) is 10.3. The molecule has 0 unspecified atom stereocenters. The Morgan fingerprint density at radius 2 is 1.85 bits per heavy atom. The Labute approximate surface area is 156 Å². The summed E-state index contributed by atoms with van der Waals surface area (Å²) in [7, 11) is 0. The van der Waals surface area contributed by atoms with Crippen LogP contribution in [-0.2, 0) is 11.2 Å². The molecule has 26 heavy (non-hydrogen) atoms. The zero-order valence-corrected chi connectivity index (χ0v) is 15.7. The predicted molar refractivity (Wildman–Crippen MR) is 104 cm³/mol. The van der Waals surface area contributed by atoms with Crippen molar-refractivity contribution in [3.8, 4) is 0 Å². The van der Waals surface area contributed by atoms with Crippen LogP contribution in [0.1, 0.15) is 86.6 Å². The summed E-state index contributed by atoms with van der Waals surface area (Å²) in [6.45, 7) is 0.751. The fourth-order valence-corrected chi connectivity index (χ4v) is 4.47. The van der Waals surface area contributed by atoms with Gasteiger partial charge in [-0.1, -0.05) is 44.9 Å². The van der Waals surface area contributed by atoms with Crippen molar-refractivity contribution in [3.05, 3.63) is 29.3 Å². The summed E-state index contributed by atoms with van der Waals surface area (Å²) in [6, 6.07) is 5.19. The van der Waals surface area contributed by atoms with Gasteiger partial charge >= 0.3 is 5.97 Å².